The maximum absolute atomic E-state index is 13.3. The molecule has 2 aliphatic heterocycles. The van der Waals surface area contributed by atoms with Crippen LogP contribution in [0.2, 0.25) is 0 Å². The van der Waals surface area contributed by atoms with Gasteiger partial charge in [-0.2, -0.15) is 0 Å². The minimum atomic E-state index is -3.20. The van der Waals surface area contributed by atoms with Crippen molar-refractivity contribution in [3.05, 3.63) is 36.1 Å². The average molecular weight is 462 g/mol. The molecular formula is C22H27N3O6S. The van der Waals surface area contributed by atoms with E-state index in [1.165, 1.54) is 4.90 Å². The molecular weight excluding hydrogens is 434 g/mol. The first-order chi connectivity index (χ1) is 15.1. The standard InChI is InChI=1S/C22H27N3O6S/c1-4-14(2)25(16-9-10-32(29,30)13-16)19(26)12-24-20(27)22(3,23-21(24)28)18-11-15-7-5-6-8-17(15)31-18/h5-8,11,14,16H,4,9-10,12-13H2,1-3H3,(H,23,28)/t14-,16-,22+/m0/s1. The molecule has 0 spiro atoms. The van der Waals surface area contributed by atoms with Gasteiger partial charge in [-0.25, -0.2) is 13.2 Å². The fraction of sp³-hybridized carbons (Fsp3) is 0.500. The summed E-state index contributed by atoms with van der Waals surface area (Å²) in [4.78, 5) is 41.6. The topological polar surface area (TPSA) is 117 Å². The van der Waals surface area contributed by atoms with Crippen molar-refractivity contribution in [2.75, 3.05) is 18.1 Å². The van der Waals surface area contributed by atoms with Gasteiger partial charge in [0.2, 0.25) is 5.91 Å². The van der Waals surface area contributed by atoms with Crippen LogP contribution in [0.3, 0.4) is 0 Å². The summed E-state index contributed by atoms with van der Waals surface area (Å²) < 4.78 is 29.7. The molecule has 0 saturated carbocycles. The number of nitrogens with one attached hydrogen (secondary N) is 1. The Hall–Kier alpha value is -2.88. The van der Waals surface area contributed by atoms with E-state index in [0.717, 1.165) is 10.3 Å². The molecule has 2 aromatic rings. The molecule has 2 aliphatic rings. The van der Waals surface area contributed by atoms with E-state index in [1.807, 2.05) is 32.0 Å². The first kappa shape index (κ1) is 22.3. The van der Waals surface area contributed by atoms with Crippen molar-refractivity contribution < 1.29 is 27.2 Å². The molecule has 0 bridgehead atoms. The normalized spacial score (nSPS) is 25.8. The van der Waals surface area contributed by atoms with Crippen molar-refractivity contribution in [3.63, 3.8) is 0 Å². The lowest BCUT2D eigenvalue weighted by molar-refractivity contribution is -0.141. The molecule has 2 fully saturated rings. The maximum atomic E-state index is 13.3. The van der Waals surface area contributed by atoms with E-state index in [0.29, 0.717) is 18.4 Å². The number of nitrogens with zero attached hydrogens (tertiary/aromatic N) is 2. The molecule has 3 atom stereocenters. The Bertz CT molecular complexity index is 1160. The summed E-state index contributed by atoms with van der Waals surface area (Å²) in [6, 6.07) is 7.61. The van der Waals surface area contributed by atoms with Gasteiger partial charge >= 0.3 is 6.03 Å². The highest BCUT2D eigenvalue weighted by molar-refractivity contribution is 7.91. The molecule has 172 valence electrons. The molecule has 1 aromatic carbocycles. The lowest BCUT2D eigenvalue weighted by Gasteiger charge is -2.34. The zero-order chi connectivity index (χ0) is 23.3. The summed E-state index contributed by atoms with van der Waals surface area (Å²) in [6.07, 6.45) is 0.981. The SMILES string of the molecule is CC[C@H](C)N(C(=O)CN1C(=O)N[C@](C)(c2cc3ccccc3o2)C1=O)[C@H]1CCS(=O)(=O)C1. The highest BCUT2D eigenvalue weighted by Gasteiger charge is 2.52. The van der Waals surface area contributed by atoms with E-state index >= 15 is 0 Å². The maximum Gasteiger partial charge on any atom is 0.325 e. The van der Waals surface area contributed by atoms with E-state index in [-0.39, 0.29) is 23.3 Å². The smallest absolute Gasteiger partial charge is 0.325 e. The first-order valence-electron chi connectivity index (χ1n) is 10.7. The molecule has 0 unspecified atom stereocenters. The number of imide groups is 1. The van der Waals surface area contributed by atoms with Crippen LogP contribution in [0, 0.1) is 0 Å². The predicted molar refractivity (Wildman–Crippen MR) is 117 cm³/mol. The molecule has 4 amide bonds. The zero-order valence-corrected chi connectivity index (χ0v) is 19.1. The number of sulfone groups is 1. The van der Waals surface area contributed by atoms with Crippen molar-refractivity contribution in [1.82, 2.24) is 15.1 Å². The van der Waals surface area contributed by atoms with Crippen LogP contribution in [-0.2, 0) is 25.0 Å². The van der Waals surface area contributed by atoms with Gasteiger partial charge in [0.25, 0.3) is 5.91 Å². The summed E-state index contributed by atoms with van der Waals surface area (Å²) in [5.74, 6) is -0.810. The van der Waals surface area contributed by atoms with Crippen molar-refractivity contribution >= 4 is 38.7 Å². The van der Waals surface area contributed by atoms with Crippen LogP contribution in [0.5, 0.6) is 0 Å². The minimum Gasteiger partial charge on any atom is -0.458 e. The Balaban J connectivity index is 1.57. The molecule has 32 heavy (non-hydrogen) atoms. The number of furan rings is 1. The van der Waals surface area contributed by atoms with Crippen LogP contribution >= 0.6 is 0 Å². The lowest BCUT2D eigenvalue weighted by Crippen LogP contribution is -2.51. The number of hydrogen-bond donors (Lipinski definition) is 1. The second kappa shape index (κ2) is 7.91. The van der Waals surface area contributed by atoms with Crippen molar-refractivity contribution in [1.29, 1.82) is 0 Å². The highest BCUT2D eigenvalue weighted by Crippen LogP contribution is 2.33. The Labute approximate surface area is 186 Å². The molecule has 1 aromatic heterocycles. The van der Waals surface area contributed by atoms with E-state index < -0.39 is 45.8 Å². The lowest BCUT2D eigenvalue weighted by atomic mass is 9.99. The van der Waals surface area contributed by atoms with Crippen LogP contribution < -0.4 is 5.32 Å². The Morgan fingerprint density at radius 3 is 2.69 bits per heavy atom. The zero-order valence-electron chi connectivity index (χ0n) is 18.3. The van der Waals surface area contributed by atoms with Crippen LogP contribution in [-0.4, -0.2) is 66.2 Å². The van der Waals surface area contributed by atoms with Crippen LogP contribution in [0.25, 0.3) is 11.0 Å². The summed E-state index contributed by atoms with van der Waals surface area (Å²) in [5.41, 5.74) is -0.848. The van der Waals surface area contributed by atoms with Gasteiger partial charge in [0, 0.05) is 17.5 Å². The second-order valence-corrected chi connectivity index (χ2v) is 10.9. The Kier molecular flexibility index (Phi) is 5.52. The predicted octanol–water partition coefficient (Wildman–Crippen LogP) is 2.01. The van der Waals surface area contributed by atoms with E-state index in [2.05, 4.69) is 5.32 Å². The molecule has 0 aliphatic carbocycles. The van der Waals surface area contributed by atoms with Gasteiger partial charge in [-0.1, -0.05) is 25.1 Å². The number of benzene rings is 1. The Morgan fingerprint density at radius 1 is 1.34 bits per heavy atom. The molecule has 1 N–H and O–H groups in total. The average Bonchev–Trinajstić information content (AvgIpc) is 3.39. The van der Waals surface area contributed by atoms with Crippen molar-refractivity contribution in [2.45, 2.75) is 51.2 Å². The number of rotatable bonds is 6. The highest BCUT2D eigenvalue weighted by atomic mass is 32.2. The molecule has 10 heteroatoms. The molecule has 2 saturated heterocycles. The number of carbonyl (C=O) groups excluding carboxylic acids is 3. The number of carbonyl (C=O) groups is 3. The van der Waals surface area contributed by atoms with Gasteiger partial charge in [0.1, 0.15) is 17.9 Å². The van der Waals surface area contributed by atoms with Gasteiger partial charge < -0.3 is 14.6 Å². The summed E-state index contributed by atoms with van der Waals surface area (Å²) in [6.45, 7) is 4.83. The largest absolute Gasteiger partial charge is 0.458 e. The van der Waals surface area contributed by atoms with Crippen LogP contribution in [0.1, 0.15) is 39.4 Å². The monoisotopic (exact) mass is 461 g/mol. The molecule has 3 heterocycles. The van der Waals surface area contributed by atoms with Crippen molar-refractivity contribution in [2.24, 2.45) is 0 Å². The van der Waals surface area contributed by atoms with Crippen LogP contribution in [0.15, 0.2) is 34.7 Å². The number of urea groups is 1. The third kappa shape index (κ3) is 3.76. The van der Waals surface area contributed by atoms with Crippen LogP contribution in [0.4, 0.5) is 4.79 Å². The quantitative estimate of drug-likeness (QED) is 0.658. The van der Waals surface area contributed by atoms with E-state index in [9.17, 15) is 22.8 Å². The van der Waals surface area contributed by atoms with E-state index in [4.69, 9.17) is 4.42 Å². The van der Waals surface area contributed by atoms with Gasteiger partial charge in [0.05, 0.1) is 11.5 Å². The third-order valence-corrected chi connectivity index (χ3v) is 8.19. The molecule has 4 rings (SSSR count). The fourth-order valence-electron chi connectivity index (χ4n) is 4.45. The number of fused-ring (bicyclic) bond motifs is 1. The van der Waals surface area contributed by atoms with Gasteiger partial charge in [0.15, 0.2) is 15.4 Å². The number of para-hydroxylation sites is 1. The summed E-state index contributed by atoms with van der Waals surface area (Å²) >= 11 is 0. The van der Waals surface area contributed by atoms with Gasteiger partial charge in [-0.15, -0.1) is 0 Å². The Morgan fingerprint density at radius 2 is 2.06 bits per heavy atom. The van der Waals surface area contributed by atoms with E-state index in [1.54, 1.807) is 19.1 Å². The molecule has 9 nitrogen and oxygen atoms in total. The van der Waals surface area contributed by atoms with Gasteiger partial charge in [-0.05, 0) is 38.8 Å². The summed E-state index contributed by atoms with van der Waals surface area (Å²) in [7, 11) is -3.20. The number of amides is 4. The van der Waals surface area contributed by atoms with Gasteiger partial charge in [-0.3, -0.25) is 14.5 Å². The number of hydrogen-bond acceptors (Lipinski definition) is 6. The first-order valence-corrected chi connectivity index (χ1v) is 12.5. The third-order valence-electron chi connectivity index (χ3n) is 6.44. The summed E-state index contributed by atoms with van der Waals surface area (Å²) in [5, 5.41) is 3.45. The fourth-order valence-corrected chi connectivity index (χ4v) is 6.16. The van der Waals surface area contributed by atoms with Crippen molar-refractivity contribution in [3.8, 4) is 0 Å². The minimum absolute atomic E-state index is 0.0329. The second-order valence-electron chi connectivity index (χ2n) is 8.71. The molecule has 0 radical (unpaired) electrons.